The summed E-state index contributed by atoms with van der Waals surface area (Å²) >= 11 is 8.93. The average Bonchev–Trinajstić information content (AvgIpc) is 2.88. The van der Waals surface area contributed by atoms with Crippen molar-refractivity contribution in [3.8, 4) is 0 Å². The number of fused-ring (bicyclic) bond motifs is 1. The van der Waals surface area contributed by atoms with Crippen molar-refractivity contribution in [2.75, 3.05) is 0 Å². The Bertz CT molecular complexity index is 831. The molecular weight excluding hydrogens is 347 g/mol. The molecule has 2 aromatic heterocycles. The third-order valence-electron chi connectivity index (χ3n) is 2.95. The molecule has 3 nitrogen and oxygen atoms in total. The Kier molecular flexibility index (Phi) is 3.31. The molecule has 0 saturated carbocycles. The van der Waals surface area contributed by atoms with E-state index in [0.717, 1.165) is 0 Å². The lowest BCUT2D eigenvalue weighted by Gasteiger charge is -2.04. The SMILES string of the molecule is O=C(c1ccc(Br)c(Cl)c1F)c1cnn2ccccc12. The zero-order valence-electron chi connectivity index (χ0n) is 9.98. The molecule has 0 saturated heterocycles. The Balaban J connectivity index is 2.16. The molecule has 0 bridgehead atoms. The van der Waals surface area contributed by atoms with E-state index in [4.69, 9.17) is 11.6 Å². The third kappa shape index (κ3) is 2.03. The highest BCUT2D eigenvalue weighted by molar-refractivity contribution is 9.10. The molecule has 3 aromatic rings. The fourth-order valence-electron chi connectivity index (χ4n) is 1.96. The van der Waals surface area contributed by atoms with Crippen molar-refractivity contribution in [1.82, 2.24) is 9.61 Å². The van der Waals surface area contributed by atoms with Crippen LogP contribution < -0.4 is 0 Å². The van der Waals surface area contributed by atoms with Crippen LogP contribution in [-0.2, 0) is 0 Å². The van der Waals surface area contributed by atoms with E-state index in [1.807, 2.05) is 0 Å². The quantitative estimate of drug-likeness (QED) is 0.513. The Labute approximate surface area is 127 Å². The number of benzene rings is 1. The van der Waals surface area contributed by atoms with Gasteiger partial charge in [0.2, 0.25) is 0 Å². The molecule has 100 valence electrons. The molecule has 0 radical (unpaired) electrons. The highest BCUT2D eigenvalue weighted by Gasteiger charge is 2.20. The van der Waals surface area contributed by atoms with Crippen LogP contribution in [0.3, 0.4) is 0 Å². The maximum absolute atomic E-state index is 14.1. The van der Waals surface area contributed by atoms with Gasteiger partial charge in [-0.25, -0.2) is 8.91 Å². The van der Waals surface area contributed by atoms with Crippen molar-refractivity contribution in [3.63, 3.8) is 0 Å². The molecule has 0 aliphatic carbocycles. The number of ketones is 1. The first-order valence-corrected chi connectivity index (χ1v) is 6.87. The molecule has 1 aromatic carbocycles. The monoisotopic (exact) mass is 352 g/mol. The second kappa shape index (κ2) is 5.00. The van der Waals surface area contributed by atoms with Crippen LogP contribution in [0.2, 0.25) is 5.02 Å². The van der Waals surface area contributed by atoms with Gasteiger partial charge in [-0.2, -0.15) is 5.10 Å². The average molecular weight is 354 g/mol. The molecule has 20 heavy (non-hydrogen) atoms. The summed E-state index contributed by atoms with van der Waals surface area (Å²) in [4.78, 5) is 12.4. The molecule has 0 aliphatic rings. The van der Waals surface area contributed by atoms with Crippen LogP contribution in [-0.4, -0.2) is 15.4 Å². The largest absolute Gasteiger partial charge is 0.288 e. The van der Waals surface area contributed by atoms with Gasteiger partial charge in [-0.3, -0.25) is 4.79 Å². The Morgan fingerprint density at radius 2 is 2.05 bits per heavy atom. The predicted octanol–water partition coefficient (Wildman–Crippen LogP) is 4.12. The summed E-state index contributed by atoms with van der Waals surface area (Å²) in [5.41, 5.74) is 0.885. The van der Waals surface area contributed by atoms with E-state index in [0.29, 0.717) is 15.6 Å². The van der Waals surface area contributed by atoms with Gasteiger partial charge in [0.05, 0.1) is 27.9 Å². The van der Waals surface area contributed by atoms with Gasteiger partial charge in [-0.15, -0.1) is 0 Å². The van der Waals surface area contributed by atoms with Gasteiger partial charge in [0.25, 0.3) is 0 Å². The first-order valence-electron chi connectivity index (χ1n) is 5.70. The molecule has 0 fully saturated rings. The molecule has 0 atom stereocenters. The number of carbonyl (C=O) groups is 1. The molecule has 0 aliphatic heterocycles. The van der Waals surface area contributed by atoms with Gasteiger partial charge < -0.3 is 0 Å². The lowest BCUT2D eigenvalue weighted by Crippen LogP contribution is -2.04. The summed E-state index contributed by atoms with van der Waals surface area (Å²) in [6, 6.07) is 8.28. The Morgan fingerprint density at radius 1 is 1.25 bits per heavy atom. The lowest BCUT2D eigenvalue weighted by molar-refractivity contribution is 0.103. The van der Waals surface area contributed by atoms with Crippen molar-refractivity contribution < 1.29 is 9.18 Å². The second-order valence-electron chi connectivity index (χ2n) is 4.14. The minimum Gasteiger partial charge on any atom is -0.288 e. The first-order chi connectivity index (χ1) is 9.59. The van der Waals surface area contributed by atoms with Crippen LogP contribution in [0, 0.1) is 5.82 Å². The van der Waals surface area contributed by atoms with Crippen LogP contribution in [0.15, 0.2) is 47.2 Å². The second-order valence-corrected chi connectivity index (χ2v) is 5.37. The summed E-state index contributed by atoms with van der Waals surface area (Å²) in [6.45, 7) is 0. The fraction of sp³-hybridized carbons (Fsp3) is 0. The van der Waals surface area contributed by atoms with Crippen LogP contribution in [0.25, 0.3) is 5.52 Å². The molecule has 0 unspecified atom stereocenters. The Morgan fingerprint density at radius 3 is 2.85 bits per heavy atom. The van der Waals surface area contributed by atoms with Gasteiger partial charge in [0.1, 0.15) is 0 Å². The van der Waals surface area contributed by atoms with Gasteiger partial charge in [0, 0.05) is 10.7 Å². The summed E-state index contributed by atoms with van der Waals surface area (Å²) in [5, 5.41) is 3.96. The maximum Gasteiger partial charge on any atom is 0.199 e. The lowest BCUT2D eigenvalue weighted by atomic mass is 10.0. The van der Waals surface area contributed by atoms with E-state index < -0.39 is 11.6 Å². The fourth-order valence-corrected chi connectivity index (χ4v) is 2.43. The summed E-state index contributed by atoms with van der Waals surface area (Å²) in [6.07, 6.45) is 3.14. The number of pyridine rings is 1. The van der Waals surface area contributed by atoms with Gasteiger partial charge in [-0.05, 0) is 40.2 Å². The topological polar surface area (TPSA) is 34.4 Å². The van der Waals surface area contributed by atoms with E-state index in [2.05, 4.69) is 21.0 Å². The van der Waals surface area contributed by atoms with Crippen LogP contribution in [0.1, 0.15) is 15.9 Å². The number of aromatic nitrogens is 2. The highest BCUT2D eigenvalue weighted by atomic mass is 79.9. The third-order valence-corrected chi connectivity index (χ3v) is 4.21. The van der Waals surface area contributed by atoms with Crippen molar-refractivity contribution in [1.29, 1.82) is 0 Å². The van der Waals surface area contributed by atoms with Crippen LogP contribution in [0.5, 0.6) is 0 Å². The smallest absolute Gasteiger partial charge is 0.199 e. The van der Waals surface area contributed by atoms with Crippen molar-refractivity contribution in [2.45, 2.75) is 0 Å². The van der Waals surface area contributed by atoms with Crippen molar-refractivity contribution >= 4 is 38.8 Å². The van der Waals surface area contributed by atoms with E-state index in [1.165, 1.54) is 12.3 Å². The molecule has 0 spiro atoms. The van der Waals surface area contributed by atoms with Gasteiger partial charge in [0.15, 0.2) is 11.6 Å². The van der Waals surface area contributed by atoms with Gasteiger partial charge >= 0.3 is 0 Å². The molecule has 0 amide bonds. The normalized spacial score (nSPS) is 10.9. The molecule has 0 N–H and O–H groups in total. The molecule has 2 heterocycles. The van der Waals surface area contributed by atoms with Crippen LogP contribution in [0.4, 0.5) is 4.39 Å². The highest BCUT2D eigenvalue weighted by Crippen LogP contribution is 2.29. The number of hydrogen-bond donors (Lipinski definition) is 0. The summed E-state index contributed by atoms with van der Waals surface area (Å²) in [7, 11) is 0. The van der Waals surface area contributed by atoms with E-state index in [1.54, 1.807) is 35.0 Å². The minimum atomic E-state index is -0.735. The summed E-state index contributed by atoms with van der Waals surface area (Å²) in [5.74, 6) is -1.18. The zero-order valence-corrected chi connectivity index (χ0v) is 12.3. The van der Waals surface area contributed by atoms with Crippen molar-refractivity contribution in [3.05, 3.63) is 69.2 Å². The van der Waals surface area contributed by atoms with Crippen molar-refractivity contribution in [2.24, 2.45) is 0 Å². The first kappa shape index (κ1) is 13.3. The number of carbonyl (C=O) groups excluding carboxylic acids is 1. The summed E-state index contributed by atoms with van der Waals surface area (Å²) < 4.78 is 16.1. The minimum absolute atomic E-state index is 0.0723. The van der Waals surface area contributed by atoms with E-state index in [9.17, 15) is 9.18 Å². The van der Waals surface area contributed by atoms with Gasteiger partial charge in [-0.1, -0.05) is 17.7 Å². The molecule has 6 heteroatoms. The van der Waals surface area contributed by atoms with E-state index >= 15 is 0 Å². The zero-order chi connectivity index (χ0) is 14.3. The number of halogens is 3. The number of nitrogens with zero attached hydrogens (tertiary/aromatic N) is 2. The number of hydrogen-bond acceptors (Lipinski definition) is 2. The van der Waals surface area contributed by atoms with Crippen LogP contribution >= 0.6 is 27.5 Å². The Hall–Kier alpha value is -1.72. The molecule has 3 rings (SSSR count). The maximum atomic E-state index is 14.1. The number of rotatable bonds is 2. The van der Waals surface area contributed by atoms with E-state index in [-0.39, 0.29) is 10.6 Å². The molecular formula is C14H7BrClFN2O. The standard InChI is InChI=1S/C14H7BrClFN2O/c15-10-5-4-8(13(17)12(10)16)14(20)9-7-18-19-6-2-1-3-11(9)19/h1-7H. The predicted molar refractivity (Wildman–Crippen MR) is 77.7 cm³/mol.